The molecule has 0 aromatic rings. The van der Waals surface area contributed by atoms with Gasteiger partial charge in [0.15, 0.2) is 0 Å². The summed E-state index contributed by atoms with van der Waals surface area (Å²) in [6.07, 6.45) is 3.84. The van der Waals surface area contributed by atoms with E-state index in [4.69, 9.17) is 4.74 Å². The molecule has 106 valence electrons. The highest BCUT2D eigenvalue weighted by Crippen LogP contribution is 2.26. The Hall–Kier alpha value is 0.220. The standard InChI is InChI=1S/C12H23NO3S2/c1-2-8-18(14,15)13(11-5-7-17-10-11)9-12-4-3-6-16-12/h11-12H,2-10H2,1H3. The van der Waals surface area contributed by atoms with Crippen molar-refractivity contribution in [1.82, 2.24) is 4.31 Å². The minimum Gasteiger partial charge on any atom is -0.377 e. The van der Waals surface area contributed by atoms with Crippen LogP contribution in [0.3, 0.4) is 0 Å². The average molecular weight is 293 g/mol. The van der Waals surface area contributed by atoms with E-state index in [2.05, 4.69) is 0 Å². The van der Waals surface area contributed by atoms with Crippen molar-refractivity contribution in [2.75, 3.05) is 30.4 Å². The topological polar surface area (TPSA) is 46.6 Å². The van der Waals surface area contributed by atoms with Crippen LogP contribution in [-0.2, 0) is 14.8 Å². The number of nitrogens with zero attached hydrogens (tertiary/aromatic N) is 1. The molecule has 2 atom stereocenters. The molecule has 0 N–H and O–H groups in total. The Labute approximate surface area is 114 Å². The molecule has 6 heteroatoms. The second-order valence-electron chi connectivity index (χ2n) is 5.04. The van der Waals surface area contributed by atoms with Gasteiger partial charge in [0.2, 0.25) is 10.0 Å². The van der Waals surface area contributed by atoms with Gasteiger partial charge in [0.25, 0.3) is 0 Å². The summed E-state index contributed by atoms with van der Waals surface area (Å²) in [4.78, 5) is 0. The fourth-order valence-corrected chi connectivity index (χ4v) is 5.70. The Kier molecular flexibility index (Phi) is 5.35. The fourth-order valence-electron chi connectivity index (χ4n) is 2.60. The maximum atomic E-state index is 12.4. The van der Waals surface area contributed by atoms with Gasteiger partial charge < -0.3 is 4.74 Å². The molecule has 4 nitrogen and oxygen atoms in total. The maximum Gasteiger partial charge on any atom is 0.214 e. The van der Waals surface area contributed by atoms with E-state index >= 15 is 0 Å². The molecule has 0 bridgehead atoms. The molecule has 2 aliphatic heterocycles. The second-order valence-corrected chi connectivity index (χ2v) is 8.23. The molecule has 2 saturated heterocycles. The zero-order chi connectivity index (χ0) is 13.0. The van der Waals surface area contributed by atoms with E-state index in [9.17, 15) is 8.42 Å². The van der Waals surface area contributed by atoms with Crippen molar-refractivity contribution in [3.8, 4) is 0 Å². The predicted molar refractivity (Wildman–Crippen MR) is 75.5 cm³/mol. The molecule has 0 saturated carbocycles. The van der Waals surface area contributed by atoms with Crippen LogP contribution in [0.2, 0.25) is 0 Å². The van der Waals surface area contributed by atoms with E-state index < -0.39 is 10.0 Å². The molecule has 0 amide bonds. The Morgan fingerprint density at radius 3 is 2.78 bits per heavy atom. The summed E-state index contributed by atoms with van der Waals surface area (Å²) < 4.78 is 32.1. The van der Waals surface area contributed by atoms with Crippen molar-refractivity contribution in [2.45, 2.75) is 44.8 Å². The highest BCUT2D eigenvalue weighted by molar-refractivity contribution is 7.99. The Balaban J connectivity index is 2.05. The van der Waals surface area contributed by atoms with Crippen LogP contribution in [0.15, 0.2) is 0 Å². The molecule has 0 spiro atoms. The van der Waals surface area contributed by atoms with Crippen molar-refractivity contribution in [2.24, 2.45) is 0 Å². The van der Waals surface area contributed by atoms with Gasteiger partial charge in [-0.1, -0.05) is 6.92 Å². The van der Waals surface area contributed by atoms with E-state index in [0.717, 1.165) is 37.4 Å². The van der Waals surface area contributed by atoms with Crippen molar-refractivity contribution < 1.29 is 13.2 Å². The Bertz CT molecular complexity index is 346. The summed E-state index contributed by atoms with van der Waals surface area (Å²) in [5, 5.41) is 0. The first-order valence-electron chi connectivity index (χ1n) is 6.82. The van der Waals surface area contributed by atoms with E-state index in [1.807, 2.05) is 18.7 Å². The van der Waals surface area contributed by atoms with Gasteiger partial charge in [0.05, 0.1) is 11.9 Å². The first-order chi connectivity index (χ1) is 8.63. The average Bonchev–Trinajstić information content (AvgIpc) is 2.99. The minimum atomic E-state index is -3.10. The largest absolute Gasteiger partial charge is 0.377 e. The van der Waals surface area contributed by atoms with Gasteiger partial charge in [0.1, 0.15) is 0 Å². The molecule has 0 radical (unpaired) electrons. The lowest BCUT2D eigenvalue weighted by atomic mass is 10.2. The van der Waals surface area contributed by atoms with Crippen LogP contribution in [0.4, 0.5) is 0 Å². The molecular weight excluding hydrogens is 270 g/mol. The first-order valence-corrected chi connectivity index (χ1v) is 9.58. The molecule has 0 aromatic carbocycles. The number of hydrogen-bond donors (Lipinski definition) is 0. The first kappa shape index (κ1) is 14.6. The number of rotatable bonds is 6. The van der Waals surface area contributed by atoms with Crippen molar-refractivity contribution >= 4 is 21.8 Å². The predicted octanol–water partition coefficient (Wildman–Crippen LogP) is 1.71. The van der Waals surface area contributed by atoms with Crippen LogP contribution in [0.1, 0.15) is 32.6 Å². The Morgan fingerprint density at radius 1 is 1.39 bits per heavy atom. The number of sulfonamides is 1. The SMILES string of the molecule is CCCS(=O)(=O)N(CC1CCCO1)C1CCSC1. The zero-order valence-corrected chi connectivity index (χ0v) is 12.6. The van der Waals surface area contributed by atoms with Gasteiger partial charge in [-0.15, -0.1) is 0 Å². The highest BCUT2D eigenvalue weighted by atomic mass is 32.2. The summed E-state index contributed by atoms with van der Waals surface area (Å²) in [5.74, 6) is 2.28. The monoisotopic (exact) mass is 293 g/mol. The van der Waals surface area contributed by atoms with Gasteiger partial charge in [-0.05, 0) is 31.4 Å². The van der Waals surface area contributed by atoms with E-state index in [-0.39, 0.29) is 17.9 Å². The third-order valence-electron chi connectivity index (χ3n) is 3.54. The molecule has 18 heavy (non-hydrogen) atoms. The number of thioether (sulfide) groups is 1. The fraction of sp³-hybridized carbons (Fsp3) is 1.00. The van der Waals surface area contributed by atoms with Crippen LogP contribution >= 0.6 is 11.8 Å². The lowest BCUT2D eigenvalue weighted by Crippen LogP contribution is -2.45. The quantitative estimate of drug-likeness (QED) is 0.748. The minimum absolute atomic E-state index is 0.113. The zero-order valence-electron chi connectivity index (χ0n) is 11.0. The van der Waals surface area contributed by atoms with Gasteiger partial charge in [-0.25, -0.2) is 8.42 Å². The lowest BCUT2D eigenvalue weighted by molar-refractivity contribution is 0.0877. The van der Waals surface area contributed by atoms with Crippen LogP contribution in [0, 0.1) is 0 Å². The molecule has 2 aliphatic rings. The van der Waals surface area contributed by atoms with E-state index in [1.54, 1.807) is 4.31 Å². The van der Waals surface area contributed by atoms with Crippen LogP contribution < -0.4 is 0 Å². The number of ether oxygens (including phenoxy) is 1. The van der Waals surface area contributed by atoms with E-state index in [1.165, 1.54) is 0 Å². The summed E-state index contributed by atoms with van der Waals surface area (Å²) in [6.45, 7) is 3.27. The molecule has 0 aromatic heterocycles. The van der Waals surface area contributed by atoms with Crippen molar-refractivity contribution in [1.29, 1.82) is 0 Å². The molecule has 2 unspecified atom stereocenters. The third-order valence-corrected chi connectivity index (χ3v) is 6.77. The summed E-state index contributed by atoms with van der Waals surface area (Å²) in [7, 11) is -3.10. The molecule has 2 heterocycles. The second kappa shape index (κ2) is 6.59. The van der Waals surface area contributed by atoms with Gasteiger partial charge in [-0.2, -0.15) is 16.1 Å². The maximum absolute atomic E-state index is 12.4. The molecular formula is C12H23NO3S2. The summed E-state index contributed by atoms with van der Waals surface area (Å²) in [6, 6.07) is 0.191. The van der Waals surface area contributed by atoms with Crippen LogP contribution in [0.5, 0.6) is 0 Å². The normalized spacial score (nSPS) is 29.2. The van der Waals surface area contributed by atoms with Crippen molar-refractivity contribution in [3.63, 3.8) is 0 Å². The summed E-state index contributed by atoms with van der Waals surface area (Å²) in [5.41, 5.74) is 0. The molecule has 2 rings (SSSR count). The smallest absolute Gasteiger partial charge is 0.214 e. The number of hydrogen-bond acceptors (Lipinski definition) is 4. The van der Waals surface area contributed by atoms with E-state index in [0.29, 0.717) is 13.0 Å². The van der Waals surface area contributed by atoms with Gasteiger partial charge in [-0.3, -0.25) is 0 Å². The molecule has 2 fully saturated rings. The summed E-state index contributed by atoms with van der Waals surface area (Å²) >= 11 is 1.86. The molecule has 0 aliphatic carbocycles. The van der Waals surface area contributed by atoms with Gasteiger partial charge >= 0.3 is 0 Å². The van der Waals surface area contributed by atoms with Crippen LogP contribution in [-0.4, -0.2) is 55.3 Å². The van der Waals surface area contributed by atoms with Gasteiger partial charge in [0, 0.05) is 24.9 Å². The highest BCUT2D eigenvalue weighted by Gasteiger charge is 2.34. The Morgan fingerprint density at radius 2 is 2.22 bits per heavy atom. The lowest BCUT2D eigenvalue weighted by Gasteiger charge is -2.29. The van der Waals surface area contributed by atoms with Crippen LogP contribution in [0.25, 0.3) is 0 Å². The third kappa shape index (κ3) is 3.62. The van der Waals surface area contributed by atoms with Crippen molar-refractivity contribution in [3.05, 3.63) is 0 Å².